The molecule has 1 aromatic heterocycles. The van der Waals surface area contributed by atoms with Gasteiger partial charge in [-0.25, -0.2) is 9.37 Å². The highest BCUT2D eigenvalue weighted by Gasteiger charge is 2.47. The van der Waals surface area contributed by atoms with E-state index in [1.54, 1.807) is 0 Å². The molecule has 2 heterocycles. The molecule has 0 bridgehead atoms. The monoisotopic (exact) mass is 482 g/mol. The van der Waals surface area contributed by atoms with E-state index in [1.807, 2.05) is 0 Å². The number of benzene rings is 2. The van der Waals surface area contributed by atoms with Gasteiger partial charge in [0.25, 0.3) is 0 Å². The van der Waals surface area contributed by atoms with E-state index in [-0.39, 0.29) is 25.2 Å². The zero-order valence-electron chi connectivity index (χ0n) is 16.9. The minimum Gasteiger partial charge on any atom is -0.480 e. The predicted molar refractivity (Wildman–Crippen MR) is 114 cm³/mol. The predicted octanol–water partition coefficient (Wildman–Crippen LogP) is 3.71. The molecule has 1 aliphatic heterocycles. The Labute approximate surface area is 189 Å². The SMILES string of the molecule is O=C(O)CN1CC(NC(=O)C(c2ccc3nc(Nc4ccc(F)cc4)sc3c2)C(F)(F)F)C1. The number of halogens is 4. The van der Waals surface area contributed by atoms with Crippen LogP contribution in [-0.2, 0) is 9.59 Å². The lowest BCUT2D eigenvalue weighted by Gasteiger charge is -2.39. The highest BCUT2D eigenvalue weighted by atomic mass is 32.1. The van der Waals surface area contributed by atoms with Gasteiger partial charge < -0.3 is 15.7 Å². The number of thiazole rings is 1. The van der Waals surface area contributed by atoms with Crippen LogP contribution in [0.15, 0.2) is 42.5 Å². The number of hydrogen-bond donors (Lipinski definition) is 3. The first-order chi connectivity index (χ1) is 15.6. The molecule has 0 radical (unpaired) electrons. The lowest BCUT2D eigenvalue weighted by molar-refractivity contribution is -0.166. The number of aromatic nitrogens is 1. The molecule has 3 aromatic rings. The van der Waals surface area contributed by atoms with E-state index in [0.29, 0.717) is 21.0 Å². The fraction of sp³-hybridized carbons (Fsp3) is 0.286. The summed E-state index contributed by atoms with van der Waals surface area (Å²) in [4.78, 5) is 29.0. The molecule has 2 aromatic carbocycles. The minimum atomic E-state index is -4.82. The summed E-state index contributed by atoms with van der Waals surface area (Å²) in [6.45, 7) is 0.120. The van der Waals surface area contributed by atoms with Gasteiger partial charge in [-0.1, -0.05) is 17.4 Å². The Hall–Kier alpha value is -3.25. The normalized spacial score (nSPS) is 15.8. The van der Waals surface area contributed by atoms with Crippen molar-refractivity contribution in [2.75, 3.05) is 25.0 Å². The van der Waals surface area contributed by atoms with Crippen molar-refractivity contribution in [3.05, 3.63) is 53.8 Å². The van der Waals surface area contributed by atoms with Gasteiger partial charge in [0, 0.05) is 18.8 Å². The third kappa shape index (κ3) is 5.40. The smallest absolute Gasteiger partial charge is 0.404 e. The molecule has 1 amide bonds. The van der Waals surface area contributed by atoms with E-state index < -0.39 is 35.8 Å². The fourth-order valence-electron chi connectivity index (χ4n) is 3.59. The summed E-state index contributed by atoms with van der Waals surface area (Å²) in [7, 11) is 0. The quantitative estimate of drug-likeness (QED) is 0.445. The Morgan fingerprint density at radius 3 is 2.52 bits per heavy atom. The van der Waals surface area contributed by atoms with Crippen LogP contribution in [0, 0.1) is 5.82 Å². The Balaban J connectivity index is 1.50. The van der Waals surface area contributed by atoms with Crippen LogP contribution in [0.1, 0.15) is 11.5 Å². The van der Waals surface area contributed by atoms with E-state index in [4.69, 9.17) is 5.11 Å². The lowest BCUT2D eigenvalue weighted by atomic mass is 9.96. The van der Waals surface area contributed by atoms with Crippen molar-refractivity contribution in [1.82, 2.24) is 15.2 Å². The van der Waals surface area contributed by atoms with Gasteiger partial charge in [0.2, 0.25) is 5.91 Å². The molecular formula is C21H18F4N4O3S. The molecule has 7 nitrogen and oxygen atoms in total. The molecule has 1 unspecified atom stereocenters. The van der Waals surface area contributed by atoms with Crippen molar-refractivity contribution >= 4 is 44.2 Å². The van der Waals surface area contributed by atoms with Crippen LogP contribution < -0.4 is 10.6 Å². The molecule has 12 heteroatoms. The van der Waals surface area contributed by atoms with Gasteiger partial charge in [-0.2, -0.15) is 13.2 Å². The number of amides is 1. The van der Waals surface area contributed by atoms with Gasteiger partial charge in [0.05, 0.1) is 22.8 Å². The molecule has 174 valence electrons. The molecule has 0 saturated carbocycles. The summed E-state index contributed by atoms with van der Waals surface area (Å²) in [6, 6.07) is 8.94. The first-order valence-corrected chi connectivity index (χ1v) is 10.6. The number of nitrogens with zero attached hydrogens (tertiary/aromatic N) is 2. The summed E-state index contributed by atoms with van der Waals surface area (Å²) < 4.78 is 54.9. The third-order valence-electron chi connectivity index (χ3n) is 5.09. The molecule has 0 spiro atoms. The van der Waals surface area contributed by atoms with Crippen LogP contribution in [0.25, 0.3) is 10.2 Å². The van der Waals surface area contributed by atoms with Crippen LogP contribution >= 0.6 is 11.3 Å². The minimum absolute atomic E-state index is 0.176. The van der Waals surface area contributed by atoms with E-state index in [0.717, 1.165) is 11.3 Å². The van der Waals surface area contributed by atoms with Gasteiger partial charge in [0.1, 0.15) is 5.82 Å². The van der Waals surface area contributed by atoms with Crippen molar-refractivity contribution in [3.63, 3.8) is 0 Å². The Bertz CT molecular complexity index is 1180. The standard InChI is InChI=1S/C21H18F4N4O3S/c22-12-2-4-13(5-3-12)27-20-28-15-6-1-11(7-16(15)33-20)18(21(23,24)25)19(32)26-14-8-29(9-14)10-17(30)31/h1-7,14,18H,8-10H2,(H,26,32)(H,27,28)(H,30,31). The molecule has 1 fully saturated rings. The zero-order valence-corrected chi connectivity index (χ0v) is 17.7. The second-order valence-corrected chi connectivity index (χ2v) is 8.68. The van der Waals surface area contributed by atoms with Crippen LogP contribution in [0.4, 0.5) is 28.4 Å². The summed E-state index contributed by atoms with van der Waals surface area (Å²) in [5, 5.41) is 14.5. The lowest BCUT2D eigenvalue weighted by Crippen LogP contribution is -2.61. The van der Waals surface area contributed by atoms with E-state index in [9.17, 15) is 27.2 Å². The molecule has 1 saturated heterocycles. The molecule has 1 aliphatic rings. The number of carbonyl (C=O) groups is 2. The number of likely N-dealkylation sites (tertiary alicyclic amines) is 1. The van der Waals surface area contributed by atoms with E-state index >= 15 is 0 Å². The Morgan fingerprint density at radius 1 is 1.18 bits per heavy atom. The number of fused-ring (bicyclic) bond motifs is 1. The highest BCUT2D eigenvalue weighted by molar-refractivity contribution is 7.22. The number of alkyl halides is 3. The number of nitrogens with one attached hydrogen (secondary N) is 2. The molecule has 4 rings (SSSR count). The molecular weight excluding hydrogens is 464 g/mol. The number of aliphatic carboxylic acids is 1. The number of carbonyl (C=O) groups excluding carboxylic acids is 1. The maximum Gasteiger partial charge on any atom is 0.404 e. The second-order valence-electron chi connectivity index (χ2n) is 7.65. The fourth-order valence-corrected chi connectivity index (χ4v) is 4.52. The number of anilines is 2. The Kier molecular flexibility index (Phi) is 6.21. The Morgan fingerprint density at radius 2 is 1.88 bits per heavy atom. The van der Waals surface area contributed by atoms with Crippen LogP contribution in [0.2, 0.25) is 0 Å². The maximum atomic E-state index is 13.8. The average Bonchev–Trinajstić information content (AvgIpc) is 3.08. The molecule has 1 atom stereocenters. The van der Waals surface area contributed by atoms with Crippen LogP contribution in [0.5, 0.6) is 0 Å². The first kappa shape index (κ1) is 22.9. The number of carboxylic acid groups (broad SMARTS) is 1. The van der Waals surface area contributed by atoms with Crippen molar-refractivity contribution < 1.29 is 32.3 Å². The number of carboxylic acids is 1. The largest absolute Gasteiger partial charge is 0.480 e. The van der Waals surface area contributed by atoms with Gasteiger partial charge in [-0.15, -0.1) is 0 Å². The first-order valence-electron chi connectivity index (χ1n) is 9.83. The molecule has 33 heavy (non-hydrogen) atoms. The van der Waals surface area contributed by atoms with Gasteiger partial charge in [-0.3, -0.25) is 14.5 Å². The molecule has 3 N–H and O–H groups in total. The highest BCUT2D eigenvalue weighted by Crippen LogP contribution is 2.38. The van der Waals surface area contributed by atoms with Crippen LogP contribution in [0.3, 0.4) is 0 Å². The van der Waals surface area contributed by atoms with Crippen molar-refractivity contribution in [2.45, 2.75) is 18.1 Å². The van der Waals surface area contributed by atoms with Crippen molar-refractivity contribution in [2.24, 2.45) is 0 Å². The number of rotatable bonds is 7. The number of hydrogen-bond acceptors (Lipinski definition) is 6. The molecule has 0 aliphatic carbocycles. The van der Waals surface area contributed by atoms with Gasteiger partial charge >= 0.3 is 12.1 Å². The van der Waals surface area contributed by atoms with Gasteiger partial charge in [0.15, 0.2) is 11.0 Å². The van der Waals surface area contributed by atoms with Crippen molar-refractivity contribution in [3.8, 4) is 0 Å². The summed E-state index contributed by atoms with van der Waals surface area (Å²) in [5.41, 5.74) is 0.810. The zero-order chi connectivity index (χ0) is 23.8. The second kappa shape index (κ2) is 8.94. The summed E-state index contributed by atoms with van der Waals surface area (Å²) >= 11 is 1.11. The average molecular weight is 482 g/mol. The van der Waals surface area contributed by atoms with E-state index in [1.165, 1.54) is 47.4 Å². The topological polar surface area (TPSA) is 94.6 Å². The van der Waals surface area contributed by atoms with Crippen molar-refractivity contribution in [1.29, 1.82) is 0 Å². The summed E-state index contributed by atoms with van der Waals surface area (Å²) in [6.07, 6.45) is -4.82. The summed E-state index contributed by atoms with van der Waals surface area (Å²) in [5.74, 6) is -5.00. The maximum absolute atomic E-state index is 13.8. The van der Waals surface area contributed by atoms with E-state index in [2.05, 4.69) is 15.6 Å². The third-order valence-corrected chi connectivity index (χ3v) is 6.03. The van der Waals surface area contributed by atoms with Crippen LogP contribution in [-0.4, -0.2) is 58.7 Å². The van der Waals surface area contributed by atoms with Gasteiger partial charge in [-0.05, 0) is 42.0 Å².